The molecule has 0 aliphatic carbocycles. The van der Waals surface area contributed by atoms with E-state index in [0.29, 0.717) is 12.0 Å². The number of esters is 3. The van der Waals surface area contributed by atoms with Gasteiger partial charge in [0.2, 0.25) is 0 Å². The van der Waals surface area contributed by atoms with Gasteiger partial charge in [-0.15, -0.1) is 0 Å². The van der Waals surface area contributed by atoms with Gasteiger partial charge >= 0.3 is 17.9 Å². The van der Waals surface area contributed by atoms with E-state index in [4.69, 9.17) is 14.2 Å². The summed E-state index contributed by atoms with van der Waals surface area (Å²) in [6, 6.07) is 28.1. The Morgan fingerprint density at radius 3 is 1.67 bits per heavy atom. The molecule has 0 saturated heterocycles. The van der Waals surface area contributed by atoms with Crippen LogP contribution in [0.15, 0.2) is 84.9 Å². The number of ether oxygens (including phenoxy) is 3. The molecule has 0 saturated carbocycles. The summed E-state index contributed by atoms with van der Waals surface area (Å²) in [5, 5.41) is 3.22. The maximum absolute atomic E-state index is 13.7. The van der Waals surface area contributed by atoms with E-state index in [1.165, 1.54) is 14.2 Å². The number of hydrogen-bond acceptors (Lipinski definition) is 6. The molecule has 7 heteroatoms. The summed E-state index contributed by atoms with van der Waals surface area (Å²) in [5.74, 6) is -2.73. The smallest absolute Gasteiger partial charge is 0.339 e. The molecule has 0 heterocycles. The van der Waals surface area contributed by atoms with Crippen molar-refractivity contribution >= 4 is 41.7 Å². The molecule has 0 radical (unpaired) electrons. The van der Waals surface area contributed by atoms with Gasteiger partial charge in [0, 0.05) is 0 Å². The summed E-state index contributed by atoms with van der Waals surface area (Å²) in [4.78, 5) is 38.0. The first kappa shape index (κ1) is 30.0. The molecule has 0 N–H and O–H groups in total. The molecule has 206 valence electrons. The first-order valence-electron chi connectivity index (χ1n) is 13.1. The second-order valence-electron chi connectivity index (χ2n) is 9.79. The lowest BCUT2D eigenvalue weighted by molar-refractivity contribution is -0.159. The Morgan fingerprint density at radius 2 is 1.18 bits per heavy atom. The fourth-order valence-electron chi connectivity index (χ4n) is 4.73. The molecule has 3 aromatic carbocycles. The van der Waals surface area contributed by atoms with Gasteiger partial charge in [0.25, 0.3) is 0 Å². The highest BCUT2D eigenvalue weighted by Crippen LogP contribution is 2.34. The van der Waals surface area contributed by atoms with Gasteiger partial charge in [-0.3, -0.25) is 9.59 Å². The minimum atomic E-state index is -1.01. The van der Waals surface area contributed by atoms with Crippen LogP contribution in [0.25, 0.3) is 0 Å². The average Bonchev–Trinajstić information content (AvgIpc) is 2.96. The van der Waals surface area contributed by atoms with Crippen LogP contribution in [0.4, 0.5) is 0 Å². The van der Waals surface area contributed by atoms with Crippen molar-refractivity contribution in [1.29, 1.82) is 0 Å². The van der Waals surface area contributed by atoms with Crippen LogP contribution in [0.1, 0.15) is 44.0 Å². The maximum Gasteiger partial charge on any atom is 0.339 e. The lowest BCUT2D eigenvalue weighted by atomic mass is 9.88. The van der Waals surface area contributed by atoms with Crippen LogP contribution >= 0.6 is 7.92 Å². The van der Waals surface area contributed by atoms with Crippen LogP contribution in [0.3, 0.4) is 0 Å². The first-order valence-corrected chi connectivity index (χ1v) is 14.5. The van der Waals surface area contributed by atoms with Gasteiger partial charge in [-0.2, -0.15) is 0 Å². The molecule has 3 aromatic rings. The van der Waals surface area contributed by atoms with Gasteiger partial charge in [-0.1, -0.05) is 99.6 Å². The van der Waals surface area contributed by atoms with E-state index in [9.17, 15) is 14.4 Å². The van der Waals surface area contributed by atoms with E-state index in [2.05, 4.69) is 24.3 Å². The molecule has 6 nitrogen and oxygen atoms in total. The fourth-order valence-corrected chi connectivity index (χ4v) is 7.17. The lowest BCUT2D eigenvalue weighted by Gasteiger charge is -2.29. The molecule has 2 atom stereocenters. The summed E-state index contributed by atoms with van der Waals surface area (Å²) < 4.78 is 15.7. The van der Waals surface area contributed by atoms with E-state index in [1.54, 1.807) is 0 Å². The van der Waals surface area contributed by atoms with Crippen molar-refractivity contribution in [3.05, 3.63) is 90.5 Å². The van der Waals surface area contributed by atoms with Crippen LogP contribution in [-0.4, -0.2) is 38.2 Å². The van der Waals surface area contributed by atoms with Crippen molar-refractivity contribution in [2.45, 2.75) is 39.7 Å². The molecular formula is C32H37O6P. The molecule has 0 fully saturated rings. The van der Waals surface area contributed by atoms with Crippen molar-refractivity contribution in [1.82, 2.24) is 0 Å². The zero-order valence-corrected chi connectivity index (χ0v) is 24.1. The van der Waals surface area contributed by atoms with E-state index in [-0.39, 0.29) is 24.2 Å². The van der Waals surface area contributed by atoms with Crippen LogP contribution < -0.4 is 15.9 Å². The maximum atomic E-state index is 13.7. The summed E-state index contributed by atoms with van der Waals surface area (Å²) in [6.45, 7) is 5.97. The topological polar surface area (TPSA) is 78.9 Å². The summed E-state index contributed by atoms with van der Waals surface area (Å²) in [5.41, 5.74) is 0.538. The lowest BCUT2D eigenvalue weighted by Crippen LogP contribution is -2.34. The monoisotopic (exact) mass is 548 g/mol. The third-order valence-corrected chi connectivity index (χ3v) is 9.24. The van der Waals surface area contributed by atoms with Crippen LogP contribution in [0, 0.1) is 17.8 Å². The Kier molecular flexibility index (Phi) is 11.2. The second-order valence-corrected chi connectivity index (χ2v) is 12.0. The van der Waals surface area contributed by atoms with Gasteiger partial charge in [0.05, 0.1) is 19.8 Å². The van der Waals surface area contributed by atoms with Crippen molar-refractivity contribution < 1.29 is 28.6 Å². The number of benzene rings is 3. The van der Waals surface area contributed by atoms with Gasteiger partial charge in [-0.05, 0) is 54.6 Å². The normalized spacial score (nSPS) is 12.7. The average molecular weight is 549 g/mol. The highest BCUT2D eigenvalue weighted by molar-refractivity contribution is 7.80. The van der Waals surface area contributed by atoms with E-state index >= 15 is 0 Å². The number of hydrogen-bond donors (Lipinski definition) is 0. The zero-order chi connectivity index (χ0) is 28.4. The third kappa shape index (κ3) is 7.77. The van der Waals surface area contributed by atoms with Crippen molar-refractivity contribution in [2.75, 3.05) is 14.2 Å². The largest absolute Gasteiger partial charge is 0.468 e. The van der Waals surface area contributed by atoms with Gasteiger partial charge < -0.3 is 14.2 Å². The molecule has 39 heavy (non-hydrogen) atoms. The van der Waals surface area contributed by atoms with Gasteiger partial charge in [-0.25, -0.2) is 4.79 Å². The summed E-state index contributed by atoms with van der Waals surface area (Å²) in [7, 11) is 1.50. The van der Waals surface area contributed by atoms with Crippen molar-refractivity contribution in [3.63, 3.8) is 0 Å². The SMILES string of the molecule is COC(=O)C(CC[C@@H](C)[C@H](OC(=O)c1ccccc1P(c1ccccc1)c1ccccc1)C(C)C)C(=O)OC. The minimum Gasteiger partial charge on any atom is -0.468 e. The standard InChI is InChI=1S/C32H37O6P/c1-22(2)29(23(3)20-21-27(30(33)36-4)31(34)37-5)38-32(35)26-18-12-13-19-28(26)39(24-14-8-6-9-15-24)25-16-10-7-11-17-25/h6-19,22-23,27,29H,20-21H2,1-5H3/t23-,29-/m1/s1. The summed E-state index contributed by atoms with van der Waals surface area (Å²) in [6.07, 6.45) is 0.305. The van der Waals surface area contributed by atoms with Crippen LogP contribution in [0.5, 0.6) is 0 Å². The van der Waals surface area contributed by atoms with Gasteiger partial charge in [0.15, 0.2) is 5.92 Å². The molecule has 0 unspecified atom stereocenters. The minimum absolute atomic E-state index is 0.0237. The van der Waals surface area contributed by atoms with Crippen molar-refractivity contribution in [2.24, 2.45) is 17.8 Å². The molecule has 0 aliphatic heterocycles. The highest BCUT2D eigenvalue weighted by atomic mass is 31.1. The summed E-state index contributed by atoms with van der Waals surface area (Å²) >= 11 is 0. The molecule has 0 aromatic heterocycles. The quantitative estimate of drug-likeness (QED) is 0.137. The van der Waals surface area contributed by atoms with Crippen LogP contribution in [0.2, 0.25) is 0 Å². The highest BCUT2D eigenvalue weighted by Gasteiger charge is 2.33. The molecule has 0 amide bonds. The number of methoxy groups -OCH3 is 2. The second kappa shape index (κ2) is 14.6. The van der Waals surface area contributed by atoms with E-state index in [0.717, 1.165) is 15.9 Å². The molecule has 0 aliphatic rings. The predicted molar refractivity (Wildman–Crippen MR) is 155 cm³/mol. The Balaban J connectivity index is 1.88. The zero-order valence-electron chi connectivity index (χ0n) is 23.2. The van der Waals surface area contributed by atoms with Crippen LogP contribution in [-0.2, 0) is 23.8 Å². The number of carbonyl (C=O) groups is 3. The molecule has 0 spiro atoms. The van der Waals surface area contributed by atoms with Crippen molar-refractivity contribution in [3.8, 4) is 0 Å². The number of rotatable bonds is 12. The van der Waals surface area contributed by atoms with E-state index < -0.39 is 31.9 Å². The Hall–Kier alpha value is -3.50. The van der Waals surface area contributed by atoms with E-state index in [1.807, 2.05) is 81.4 Å². The molecule has 0 bridgehead atoms. The Bertz CT molecular complexity index is 1170. The van der Waals surface area contributed by atoms with Gasteiger partial charge in [0.1, 0.15) is 6.10 Å². The Labute approximate surface area is 232 Å². The third-order valence-electron chi connectivity index (χ3n) is 6.74. The molecule has 3 rings (SSSR count). The molecular weight excluding hydrogens is 511 g/mol. The first-order chi connectivity index (χ1) is 18.8. The fraction of sp³-hybridized carbons (Fsp3) is 0.344. The predicted octanol–water partition coefficient (Wildman–Crippen LogP) is 5.00. The number of carbonyl (C=O) groups excluding carboxylic acids is 3. The Morgan fingerprint density at radius 1 is 0.692 bits per heavy atom.